The van der Waals surface area contributed by atoms with Gasteiger partial charge in [-0.15, -0.1) is 0 Å². The van der Waals surface area contributed by atoms with Crippen molar-refractivity contribution >= 4 is 17.6 Å². The minimum atomic E-state index is 1.18. The van der Waals surface area contributed by atoms with Crippen LogP contribution in [0.1, 0.15) is 12.5 Å². The van der Waals surface area contributed by atoms with Crippen LogP contribution in [0.3, 0.4) is 0 Å². The Labute approximate surface area is 76.2 Å². The summed E-state index contributed by atoms with van der Waals surface area (Å²) in [4.78, 5) is 4.29. The van der Waals surface area contributed by atoms with Gasteiger partial charge in [0, 0.05) is 4.91 Å². The molecule has 0 unspecified atom stereocenters. The zero-order valence-electron chi connectivity index (χ0n) is 6.79. The Bertz CT molecular complexity index is 306. The predicted octanol–water partition coefficient (Wildman–Crippen LogP) is 2.13. The first-order chi connectivity index (χ1) is 5.88. The molecule has 0 radical (unpaired) electrons. The molecule has 1 aliphatic heterocycles. The SMILES string of the molecule is CC1=C(c2ccccc2)NNS1. The van der Waals surface area contributed by atoms with E-state index in [0.717, 1.165) is 0 Å². The van der Waals surface area contributed by atoms with Gasteiger partial charge in [-0.05, 0) is 24.4 Å². The van der Waals surface area contributed by atoms with Crippen LogP contribution in [0.25, 0.3) is 5.70 Å². The number of rotatable bonds is 1. The third kappa shape index (κ3) is 1.33. The van der Waals surface area contributed by atoms with Gasteiger partial charge in [-0.2, -0.15) is 4.83 Å². The summed E-state index contributed by atoms with van der Waals surface area (Å²) >= 11 is 1.62. The van der Waals surface area contributed by atoms with Crippen LogP contribution in [-0.2, 0) is 0 Å². The monoisotopic (exact) mass is 178 g/mol. The lowest BCUT2D eigenvalue weighted by molar-refractivity contribution is 0.916. The third-order valence-electron chi connectivity index (χ3n) is 1.79. The summed E-state index contributed by atoms with van der Waals surface area (Å²) in [6.07, 6.45) is 0. The molecule has 1 heterocycles. The van der Waals surface area contributed by atoms with Crippen molar-refractivity contribution in [3.63, 3.8) is 0 Å². The maximum Gasteiger partial charge on any atom is 0.0674 e. The molecule has 0 saturated carbocycles. The van der Waals surface area contributed by atoms with E-state index in [9.17, 15) is 0 Å². The topological polar surface area (TPSA) is 24.1 Å². The van der Waals surface area contributed by atoms with Crippen LogP contribution in [0.4, 0.5) is 0 Å². The van der Waals surface area contributed by atoms with E-state index >= 15 is 0 Å². The van der Waals surface area contributed by atoms with E-state index in [2.05, 4.69) is 29.3 Å². The Morgan fingerprint density at radius 3 is 2.50 bits per heavy atom. The number of hydrazine groups is 1. The lowest BCUT2D eigenvalue weighted by Crippen LogP contribution is -2.17. The first-order valence-electron chi connectivity index (χ1n) is 3.82. The van der Waals surface area contributed by atoms with E-state index in [1.54, 1.807) is 11.9 Å². The standard InChI is InChI=1S/C9H10N2S/c1-7-9(10-11-12-7)8-5-3-2-4-6-8/h2-6,10-11H,1H3. The summed E-state index contributed by atoms with van der Waals surface area (Å²) in [6, 6.07) is 10.3. The fraction of sp³-hybridized carbons (Fsp3) is 0.111. The minimum absolute atomic E-state index is 1.18. The second-order valence-corrected chi connectivity index (χ2v) is 3.65. The molecule has 1 aromatic carbocycles. The van der Waals surface area contributed by atoms with Gasteiger partial charge in [0.1, 0.15) is 0 Å². The van der Waals surface area contributed by atoms with Gasteiger partial charge in [0.15, 0.2) is 0 Å². The fourth-order valence-electron chi connectivity index (χ4n) is 1.17. The molecular weight excluding hydrogens is 168 g/mol. The van der Waals surface area contributed by atoms with Gasteiger partial charge in [-0.3, -0.25) is 0 Å². The van der Waals surface area contributed by atoms with Crippen molar-refractivity contribution in [2.24, 2.45) is 0 Å². The molecular formula is C9H10N2S. The van der Waals surface area contributed by atoms with Gasteiger partial charge in [0.05, 0.1) is 5.70 Å². The molecule has 62 valence electrons. The lowest BCUT2D eigenvalue weighted by atomic mass is 10.1. The molecule has 2 N–H and O–H groups in total. The highest BCUT2D eigenvalue weighted by molar-refractivity contribution is 8.01. The van der Waals surface area contributed by atoms with Crippen LogP contribution in [-0.4, -0.2) is 0 Å². The molecule has 0 amide bonds. The van der Waals surface area contributed by atoms with Gasteiger partial charge < -0.3 is 5.43 Å². The molecule has 2 nitrogen and oxygen atoms in total. The van der Waals surface area contributed by atoms with Crippen molar-refractivity contribution < 1.29 is 0 Å². The fourth-order valence-corrected chi connectivity index (χ4v) is 1.75. The first-order valence-corrected chi connectivity index (χ1v) is 4.64. The molecule has 0 fully saturated rings. The molecule has 0 bridgehead atoms. The van der Waals surface area contributed by atoms with Crippen molar-refractivity contribution in [1.82, 2.24) is 10.3 Å². The minimum Gasteiger partial charge on any atom is -0.310 e. The summed E-state index contributed by atoms with van der Waals surface area (Å²) < 4.78 is 0. The molecule has 0 atom stereocenters. The van der Waals surface area contributed by atoms with Crippen molar-refractivity contribution in [1.29, 1.82) is 0 Å². The molecule has 2 rings (SSSR count). The van der Waals surface area contributed by atoms with E-state index in [1.807, 2.05) is 18.2 Å². The summed E-state index contributed by atoms with van der Waals surface area (Å²) in [6.45, 7) is 2.10. The maximum atomic E-state index is 3.12. The van der Waals surface area contributed by atoms with E-state index in [4.69, 9.17) is 0 Å². The third-order valence-corrected chi connectivity index (χ3v) is 2.51. The zero-order valence-corrected chi connectivity index (χ0v) is 7.61. The highest BCUT2D eigenvalue weighted by Gasteiger charge is 2.10. The number of benzene rings is 1. The van der Waals surface area contributed by atoms with Gasteiger partial charge in [0.2, 0.25) is 0 Å². The van der Waals surface area contributed by atoms with Crippen molar-refractivity contribution in [2.45, 2.75) is 6.92 Å². The Kier molecular flexibility index (Phi) is 2.06. The Hall–Kier alpha value is -0.930. The van der Waals surface area contributed by atoms with Crippen LogP contribution >= 0.6 is 11.9 Å². The van der Waals surface area contributed by atoms with Crippen LogP contribution in [0.15, 0.2) is 35.2 Å². The van der Waals surface area contributed by atoms with Gasteiger partial charge in [0.25, 0.3) is 0 Å². The molecule has 0 aromatic heterocycles. The largest absolute Gasteiger partial charge is 0.310 e. The summed E-state index contributed by atoms with van der Waals surface area (Å²) in [5, 5.41) is 0. The van der Waals surface area contributed by atoms with Gasteiger partial charge in [-0.25, -0.2) is 0 Å². The summed E-state index contributed by atoms with van der Waals surface area (Å²) in [5.74, 6) is 0. The van der Waals surface area contributed by atoms with Crippen molar-refractivity contribution in [2.75, 3.05) is 0 Å². The lowest BCUT2D eigenvalue weighted by Gasteiger charge is -2.02. The number of hydrogen-bond acceptors (Lipinski definition) is 3. The number of nitrogens with one attached hydrogen (secondary N) is 2. The van der Waals surface area contributed by atoms with Gasteiger partial charge in [-0.1, -0.05) is 30.3 Å². The van der Waals surface area contributed by atoms with Crippen LogP contribution < -0.4 is 10.3 Å². The molecule has 0 aliphatic carbocycles. The quantitative estimate of drug-likeness (QED) is 0.644. The second-order valence-electron chi connectivity index (χ2n) is 2.63. The molecule has 1 aliphatic rings. The van der Waals surface area contributed by atoms with Crippen LogP contribution in [0.2, 0.25) is 0 Å². The molecule has 0 saturated heterocycles. The summed E-state index contributed by atoms with van der Waals surface area (Å²) in [5.41, 5.74) is 5.53. The molecule has 12 heavy (non-hydrogen) atoms. The normalized spacial score (nSPS) is 16.4. The zero-order chi connectivity index (χ0) is 8.39. The Morgan fingerprint density at radius 1 is 1.17 bits per heavy atom. The predicted molar refractivity (Wildman–Crippen MR) is 52.9 cm³/mol. The number of hydrogen-bond donors (Lipinski definition) is 2. The van der Waals surface area contributed by atoms with E-state index in [0.29, 0.717) is 0 Å². The van der Waals surface area contributed by atoms with E-state index < -0.39 is 0 Å². The smallest absolute Gasteiger partial charge is 0.0674 e. The Morgan fingerprint density at radius 2 is 1.92 bits per heavy atom. The second kappa shape index (κ2) is 3.21. The molecule has 1 aromatic rings. The summed E-state index contributed by atoms with van der Waals surface area (Å²) in [7, 11) is 0. The van der Waals surface area contributed by atoms with Crippen LogP contribution in [0, 0.1) is 0 Å². The highest BCUT2D eigenvalue weighted by atomic mass is 32.2. The molecule has 3 heteroatoms. The average molecular weight is 178 g/mol. The van der Waals surface area contributed by atoms with E-state index in [-0.39, 0.29) is 0 Å². The van der Waals surface area contributed by atoms with Crippen molar-refractivity contribution in [3.05, 3.63) is 40.8 Å². The Balaban J connectivity index is 2.37. The first kappa shape index (κ1) is 7.71. The average Bonchev–Trinajstić information content (AvgIpc) is 2.53. The highest BCUT2D eigenvalue weighted by Crippen LogP contribution is 2.26. The molecule has 0 spiro atoms. The van der Waals surface area contributed by atoms with E-state index in [1.165, 1.54) is 16.2 Å². The van der Waals surface area contributed by atoms with Crippen LogP contribution in [0.5, 0.6) is 0 Å². The number of allylic oxidation sites excluding steroid dienone is 1. The van der Waals surface area contributed by atoms with Gasteiger partial charge >= 0.3 is 0 Å². The van der Waals surface area contributed by atoms with Crippen molar-refractivity contribution in [3.8, 4) is 0 Å². The maximum absolute atomic E-state index is 3.12.